The lowest BCUT2D eigenvalue weighted by atomic mass is 10.1. The Hall–Kier alpha value is -2.68. The number of para-hydroxylation sites is 1. The Bertz CT molecular complexity index is 718. The van der Waals surface area contributed by atoms with Gasteiger partial charge in [-0.15, -0.1) is 0 Å². The topological polar surface area (TPSA) is 47.3 Å². The molecular weight excluding hydrogens is 240 g/mol. The van der Waals surface area contributed by atoms with Gasteiger partial charge in [-0.3, -0.25) is 9.59 Å². The maximum Gasteiger partial charge on any atom is 0.228 e. The fraction of sp³-hybridized carbons (Fsp3) is 0. The molecule has 0 N–H and O–H groups in total. The summed E-state index contributed by atoms with van der Waals surface area (Å²) in [6.45, 7) is 0. The average Bonchev–Trinajstić information content (AvgIpc) is 2.90. The van der Waals surface area contributed by atoms with Crippen molar-refractivity contribution in [3.8, 4) is 0 Å². The Balaban J connectivity index is 2.00. The largest absolute Gasteiger partial charge is 0.453 e. The van der Waals surface area contributed by atoms with Gasteiger partial charge in [-0.05, 0) is 12.1 Å². The second-order valence-corrected chi connectivity index (χ2v) is 4.22. The van der Waals surface area contributed by atoms with Crippen LogP contribution in [-0.4, -0.2) is 12.1 Å². The first-order valence-corrected chi connectivity index (χ1v) is 5.86. The first-order valence-electron chi connectivity index (χ1n) is 5.86. The molecule has 3 heteroatoms. The first-order chi connectivity index (χ1) is 9.28. The van der Waals surface area contributed by atoms with E-state index in [1.165, 1.54) is 0 Å². The highest BCUT2D eigenvalue weighted by Crippen LogP contribution is 2.21. The van der Waals surface area contributed by atoms with Crippen LogP contribution in [0.2, 0.25) is 0 Å². The molecule has 3 rings (SSSR count). The van der Waals surface area contributed by atoms with Crippen LogP contribution in [0.3, 0.4) is 0 Å². The van der Waals surface area contributed by atoms with Crippen LogP contribution in [0.15, 0.2) is 59.0 Å². The molecule has 2 aromatic carbocycles. The predicted molar refractivity (Wildman–Crippen MR) is 71.5 cm³/mol. The zero-order valence-corrected chi connectivity index (χ0v) is 10.00. The molecule has 0 atom stereocenters. The molecule has 1 heterocycles. The van der Waals surface area contributed by atoms with E-state index in [0.717, 1.165) is 11.7 Å². The van der Waals surface area contributed by atoms with Gasteiger partial charge in [0, 0.05) is 16.5 Å². The van der Waals surface area contributed by atoms with Crippen LogP contribution in [0.4, 0.5) is 0 Å². The Morgan fingerprint density at radius 2 is 1.74 bits per heavy atom. The second-order valence-electron chi connectivity index (χ2n) is 4.22. The third-order valence-electron chi connectivity index (χ3n) is 2.96. The van der Waals surface area contributed by atoms with Gasteiger partial charge in [0.05, 0.1) is 0 Å². The van der Waals surface area contributed by atoms with Crippen molar-refractivity contribution in [2.45, 2.75) is 0 Å². The van der Waals surface area contributed by atoms with E-state index >= 15 is 0 Å². The second kappa shape index (κ2) is 4.53. The highest BCUT2D eigenvalue weighted by atomic mass is 16.3. The van der Waals surface area contributed by atoms with E-state index in [4.69, 9.17) is 4.42 Å². The Labute approximate surface area is 109 Å². The van der Waals surface area contributed by atoms with Crippen molar-refractivity contribution in [1.82, 2.24) is 0 Å². The number of benzene rings is 2. The van der Waals surface area contributed by atoms with Gasteiger partial charge in [0.25, 0.3) is 0 Å². The maximum absolute atomic E-state index is 12.2. The number of rotatable bonds is 3. The third kappa shape index (κ3) is 2.06. The van der Waals surface area contributed by atoms with Gasteiger partial charge in [-0.2, -0.15) is 0 Å². The van der Waals surface area contributed by atoms with E-state index in [1.807, 2.05) is 24.3 Å². The van der Waals surface area contributed by atoms with Gasteiger partial charge in [-0.25, -0.2) is 0 Å². The minimum absolute atomic E-state index is 0.186. The molecule has 92 valence electrons. The highest BCUT2D eigenvalue weighted by molar-refractivity contribution is 6.09. The fourth-order valence-electron chi connectivity index (χ4n) is 1.95. The van der Waals surface area contributed by atoms with Crippen molar-refractivity contribution in [3.05, 3.63) is 71.5 Å². The molecule has 1 aromatic heterocycles. The van der Waals surface area contributed by atoms with E-state index < -0.39 is 0 Å². The smallest absolute Gasteiger partial charge is 0.228 e. The molecule has 0 aliphatic carbocycles. The van der Waals surface area contributed by atoms with Crippen molar-refractivity contribution in [1.29, 1.82) is 0 Å². The van der Waals surface area contributed by atoms with E-state index in [1.54, 1.807) is 30.3 Å². The molecule has 0 saturated heterocycles. The van der Waals surface area contributed by atoms with Crippen LogP contribution in [-0.2, 0) is 0 Å². The lowest BCUT2D eigenvalue weighted by Crippen LogP contribution is -1.99. The molecule has 0 bridgehead atoms. The number of carbonyl (C=O) groups excluding carboxylic acids is 2. The highest BCUT2D eigenvalue weighted by Gasteiger charge is 2.14. The lowest BCUT2D eigenvalue weighted by molar-refractivity contribution is 0.101. The van der Waals surface area contributed by atoms with Crippen LogP contribution in [0.5, 0.6) is 0 Å². The van der Waals surface area contributed by atoms with Crippen LogP contribution in [0.25, 0.3) is 11.0 Å². The molecule has 0 saturated carbocycles. The Kier molecular flexibility index (Phi) is 2.72. The monoisotopic (exact) mass is 250 g/mol. The van der Waals surface area contributed by atoms with Gasteiger partial charge < -0.3 is 4.42 Å². The molecule has 3 aromatic rings. The van der Waals surface area contributed by atoms with E-state index in [0.29, 0.717) is 22.5 Å². The van der Waals surface area contributed by atoms with Gasteiger partial charge in [0.2, 0.25) is 5.78 Å². The number of furan rings is 1. The summed E-state index contributed by atoms with van der Waals surface area (Å²) in [5.41, 5.74) is 1.74. The molecule has 0 aliphatic heterocycles. The molecule has 3 nitrogen and oxygen atoms in total. The van der Waals surface area contributed by atoms with Crippen LogP contribution in [0, 0.1) is 0 Å². The summed E-state index contributed by atoms with van der Waals surface area (Å²) in [7, 11) is 0. The maximum atomic E-state index is 12.2. The van der Waals surface area contributed by atoms with Crippen LogP contribution >= 0.6 is 0 Å². The van der Waals surface area contributed by atoms with Crippen molar-refractivity contribution in [2.75, 3.05) is 0 Å². The molecule has 0 amide bonds. The quantitative estimate of drug-likeness (QED) is 0.528. The van der Waals surface area contributed by atoms with Gasteiger partial charge in [-0.1, -0.05) is 42.5 Å². The molecule has 0 aliphatic rings. The summed E-state index contributed by atoms with van der Waals surface area (Å²) >= 11 is 0. The summed E-state index contributed by atoms with van der Waals surface area (Å²) in [6, 6.07) is 15.7. The van der Waals surface area contributed by atoms with Crippen molar-refractivity contribution in [3.63, 3.8) is 0 Å². The summed E-state index contributed by atoms with van der Waals surface area (Å²) in [4.78, 5) is 22.8. The van der Waals surface area contributed by atoms with Crippen molar-refractivity contribution < 1.29 is 14.0 Å². The first kappa shape index (κ1) is 11.4. The minimum Gasteiger partial charge on any atom is -0.453 e. The number of hydrogen-bond donors (Lipinski definition) is 0. The van der Waals surface area contributed by atoms with E-state index in [-0.39, 0.29) is 5.78 Å². The molecule has 0 radical (unpaired) electrons. The average molecular weight is 250 g/mol. The molecule has 19 heavy (non-hydrogen) atoms. The van der Waals surface area contributed by atoms with E-state index in [2.05, 4.69) is 0 Å². The molecular formula is C16H10O3. The standard InChI is InChI=1S/C16H10O3/c17-10-11-5-7-12(8-6-11)16(18)15-9-13-3-1-2-4-14(13)19-15/h1-10H. The number of hydrogen-bond acceptors (Lipinski definition) is 3. The number of aldehydes is 1. The zero-order chi connectivity index (χ0) is 13.2. The van der Waals surface area contributed by atoms with Crippen molar-refractivity contribution >= 4 is 23.0 Å². The van der Waals surface area contributed by atoms with Crippen LogP contribution in [0.1, 0.15) is 26.5 Å². The SMILES string of the molecule is O=Cc1ccc(C(=O)c2cc3ccccc3o2)cc1. The normalized spacial score (nSPS) is 10.5. The zero-order valence-electron chi connectivity index (χ0n) is 10.00. The fourth-order valence-corrected chi connectivity index (χ4v) is 1.95. The Morgan fingerprint density at radius 3 is 2.42 bits per heavy atom. The minimum atomic E-state index is -0.186. The summed E-state index contributed by atoms with van der Waals surface area (Å²) < 4.78 is 5.52. The molecule has 0 spiro atoms. The van der Waals surface area contributed by atoms with Crippen LogP contribution < -0.4 is 0 Å². The number of fused-ring (bicyclic) bond motifs is 1. The molecule has 0 fully saturated rings. The number of carbonyl (C=O) groups is 2. The third-order valence-corrected chi connectivity index (χ3v) is 2.96. The lowest BCUT2D eigenvalue weighted by Gasteiger charge is -1.97. The predicted octanol–water partition coefficient (Wildman–Crippen LogP) is 3.48. The van der Waals surface area contributed by atoms with Gasteiger partial charge in [0.15, 0.2) is 5.76 Å². The van der Waals surface area contributed by atoms with E-state index in [9.17, 15) is 9.59 Å². The number of ketones is 1. The summed E-state index contributed by atoms with van der Waals surface area (Å²) in [5.74, 6) is 0.119. The summed E-state index contributed by atoms with van der Waals surface area (Å²) in [5, 5.41) is 0.898. The van der Waals surface area contributed by atoms with Gasteiger partial charge >= 0.3 is 0 Å². The Morgan fingerprint density at radius 1 is 1.00 bits per heavy atom. The van der Waals surface area contributed by atoms with Crippen molar-refractivity contribution in [2.24, 2.45) is 0 Å². The summed E-state index contributed by atoms with van der Waals surface area (Å²) in [6.07, 6.45) is 0.745. The van der Waals surface area contributed by atoms with Gasteiger partial charge in [0.1, 0.15) is 11.9 Å². The molecule has 0 unspecified atom stereocenters.